The highest BCUT2D eigenvalue weighted by atomic mass is 35.5. The van der Waals surface area contributed by atoms with Gasteiger partial charge >= 0.3 is 0 Å². The molecule has 1 aromatic heterocycles. The van der Waals surface area contributed by atoms with Crippen LogP contribution in [-0.2, 0) is 6.54 Å². The van der Waals surface area contributed by atoms with Gasteiger partial charge in [-0.15, -0.1) is 11.3 Å². The van der Waals surface area contributed by atoms with Gasteiger partial charge < -0.3 is 16.2 Å². The number of aliphatic hydroxyl groups is 1. The maximum atomic E-state index is 11.0. The number of thiophene rings is 1. The number of carbonyl (C=O) groups is 1. The van der Waals surface area contributed by atoms with Crippen molar-refractivity contribution in [3.63, 3.8) is 0 Å². The Hall–Kier alpha value is -1.40. The Labute approximate surface area is 126 Å². The largest absolute Gasteiger partial charge is 0.387 e. The van der Waals surface area contributed by atoms with Gasteiger partial charge in [0, 0.05) is 33.9 Å². The Morgan fingerprint density at radius 1 is 1.45 bits per heavy atom. The third-order valence-corrected chi connectivity index (χ3v) is 4.12. The zero-order chi connectivity index (χ0) is 14.5. The first kappa shape index (κ1) is 15.0. The molecule has 0 spiro atoms. The van der Waals surface area contributed by atoms with E-state index in [4.69, 9.17) is 17.3 Å². The maximum Gasteiger partial charge on any atom is 0.249 e. The van der Waals surface area contributed by atoms with Crippen molar-refractivity contribution in [2.45, 2.75) is 12.6 Å². The molecule has 1 amide bonds. The molecule has 0 radical (unpaired) electrons. The summed E-state index contributed by atoms with van der Waals surface area (Å²) in [5.41, 5.74) is 6.40. The number of aliphatic hydroxyl groups excluding tert-OH is 1. The number of hydrogen-bond donors (Lipinski definition) is 3. The predicted molar refractivity (Wildman–Crippen MR) is 81.0 cm³/mol. The van der Waals surface area contributed by atoms with Gasteiger partial charge in [-0.25, -0.2) is 0 Å². The fourth-order valence-electron chi connectivity index (χ4n) is 1.79. The summed E-state index contributed by atoms with van der Waals surface area (Å²) in [5, 5.41) is 15.5. The van der Waals surface area contributed by atoms with Crippen LogP contribution >= 0.6 is 22.9 Å². The van der Waals surface area contributed by atoms with Gasteiger partial charge in [0.1, 0.15) is 0 Å². The number of halogens is 1. The molecule has 0 fully saturated rings. The summed E-state index contributed by atoms with van der Waals surface area (Å²) in [7, 11) is 0. The van der Waals surface area contributed by atoms with Crippen LogP contribution in [0.15, 0.2) is 35.7 Å². The molecule has 1 atom stereocenters. The smallest absolute Gasteiger partial charge is 0.249 e. The minimum atomic E-state index is -0.667. The van der Waals surface area contributed by atoms with E-state index >= 15 is 0 Å². The van der Waals surface area contributed by atoms with E-state index in [-0.39, 0.29) is 0 Å². The van der Waals surface area contributed by atoms with Crippen LogP contribution in [0.4, 0.5) is 0 Å². The van der Waals surface area contributed by atoms with Crippen LogP contribution in [-0.4, -0.2) is 17.6 Å². The Balaban J connectivity index is 1.86. The summed E-state index contributed by atoms with van der Waals surface area (Å²) in [6.07, 6.45) is -0.667. The molecule has 0 saturated heterocycles. The van der Waals surface area contributed by atoms with Crippen LogP contribution in [0.3, 0.4) is 0 Å². The van der Waals surface area contributed by atoms with E-state index < -0.39 is 12.0 Å². The first-order chi connectivity index (χ1) is 9.58. The van der Waals surface area contributed by atoms with E-state index in [2.05, 4.69) is 5.32 Å². The fourth-order valence-corrected chi connectivity index (χ4v) is 2.89. The average molecular weight is 311 g/mol. The van der Waals surface area contributed by atoms with E-state index in [1.165, 1.54) is 11.3 Å². The molecule has 2 rings (SSSR count). The topological polar surface area (TPSA) is 75.4 Å². The molecule has 4 N–H and O–H groups in total. The van der Waals surface area contributed by atoms with Gasteiger partial charge in [-0.05, 0) is 12.1 Å². The van der Waals surface area contributed by atoms with Crippen molar-refractivity contribution in [2.24, 2.45) is 5.73 Å². The average Bonchev–Trinajstić information content (AvgIpc) is 2.88. The van der Waals surface area contributed by atoms with Gasteiger partial charge in [0.15, 0.2) is 0 Å². The zero-order valence-corrected chi connectivity index (χ0v) is 12.2. The lowest BCUT2D eigenvalue weighted by atomic mass is 10.1. The standard InChI is InChI=1S/C14H15ClN2O2S/c15-12-4-2-1-3-11(12)13(18)7-17-6-10-5-9(8-20-10)14(16)19/h1-5,8,13,17-18H,6-7H2,(H2,16,19). The lowest BCUT2D eigenvalue weighted by Gasteiger charge is -2.13. The van der Waals surface area contributed by atoms with Gasteiger partial charge in [-0.2, -0.15) is 0 Å². The van der Waals surface area contributed by atoms with Crippen molar-refractivity contribution < 1.29 is 9.90 Å². The number of primary amides is 1. The molecule has 1 aromatic carbocycles. The Bertz CT molecular complexity index is 600. The van der Waals surface area contributed by atoms with Gasteiger partial charge in [0.05, 0.1) is 11.7 Å². The molecule has 6 heteroatoms. The normalized spacial score (nSPS) is 12.3. The molecular formula is C14H15ClN2O2S. The second-order valence-electron chi connectivity index (χ2n) is 4.33. The Morgan fingerprint density at radius 3 is 2.85 bits per heavy atom. The van der Waals surface area contributed by atoms with Gasteiger partial charge in [-0.1, -0.05) is 29.8 Å². The second kappa shape index (κ2) is 6.85. The molecule has 0 aliphatic heterocycles. The van der Waals surface area contributed by atoms with Crippen LogP contribution in [0.5, 0.6) is 0 Å². The summed E-state index contributed by atoms with van der Waals surface area (Å²) < 4.78 is 0. The number of amides is 1. The summed E-state index contributed by atoms with van der Waals surface area (Å²) >= 11 is 7.47. The quantitative estimate of drug-likeness (QED) is 0.766. The Morgan fingerprint density at radius 2 is 2.20 bits per heavy atom. The van der Waals surface area contributed by atoms with Crippen molar-refractivity contribution in [3.8, 4) is 0 Å². The van der Waals surface area contributed by atoms with Crippen molar-refractivity contribution >= 4 is 28.8 Å². The van der Waals surface area contributed by atoms with Crippen LogP contribution in [0.1, 0.15) is 26.9 Å². The minimum Gasteiger partial charge on any atom is -0.387 e. The van der Waals surface area contributed by atoms with Crippen molar-refractivity contribution in [3.05, 3.63) is 56.7 Å². The maximum absolute atomic E-state index is 11.0. The molecule has 2 aromatic rings. The second-order valence-corrected chi connectivity index (χ2v) is 5.74. The van der Waals surface area contributed by atoms with E-state index in [0.717, 1.165) is 4.88 Å². The van der Waals surface area contributed by atoms with Crippen LogP contribution < -0.4 is 11.1 Å². The molecule has 4 nitrogen and oxygen atoms in total. The third kappa shape index (κ3) is 3.80. The Kier molecular flexibility index (Phi) is 5.14. The summed E-state index contributed by atoms with van der Waals surface area (Å²) in [4.78, 5) is 12.0. The van der Waals surface area contributed by atoms with Crippen LogP contribution in [0.25, 0.3) is 0 Å². The van der Waals surface area contributed by atoms with Crippen LogP contribution in [0.2, 0.25) is 5.02 Å². The number of benzene rings is 1. The lowest BCUT2D eigenvalue weighted by molar-refractivity contribution is 0.100. The molecule has 20 heavy (non-hydrogen) atoms. The predicted octanol–water partition coefficient (Wildman–Crippen LogP) is 2.32. The van der Waals surface area contributed by atoms with Crippen molar-refractivity contribution in [1.29, 1.82) is 0 Å². The zero-order valence-electron chi connectivity index (χ0n) is 10.7. The SMILES string of the molecule is NC(=O)c1csc(CNCC(O)c2ccccc2Cl)c1. The van der Waals surface area contributed by atoms with E-state index in [1.54, 1.807) is 23.6 Å². The first-order valence-corrected chi connectivity index (χ1v) is 7.34. The highest BCUT2D eigenvalue weighted by Gasteiger charge is 2.11. The number of carbonyl (C=O) groups excluding carboxylic acids is 1. The summed E-state index contributed by atoms with van der Waals surface area (Å²) in [5.74, 6) is -0.427. The van der Waals surface area contributed by atoms with E-state index in [9.17, 15) is 9.90 Å². The first-order valence-electron chi connectivity index (χ1n) is 6.08. The molecule has 0 saturated carbocycles. The van der Waals surface area contributed by atoms with Crippen LogP contribution in [0, 0.1) is 0 Å². The number of nitrogens with two attached hydrogens (primary N) is 1. The van der Waals surface area contributed by atoms with Crippen molar-refractivity contribution in [1.82, 2.24) is 5.32 Å². The van der Waals surface area contributed by atoms with Gasteiger partial charge in [0.2, 0.25) is 5.91 Å². The highest BCUT2D eigenvalue weighted by Crippen LogP contribution is 2.22. The molecule has 1 unspecified atom stereocenters. The molecule has 0 bridgehead atoms. The molecular weight excluding hydrogens is 296 g/mol. The van der Waals surface area contributed by atoms with Crippen molar-refractivity contribution in [2.75, 3.05) is 6.54 Å². The number of nitrogens with one attached hydrogen (secondary N) is 1. The highest BCUT2D eigenvalue weighted by molar-refractivity contribution is 7.10. The number of rotatable bonds is 6. The summed E-state index contributed by atoms with van der Waals surface area (Å²) in [6.45, 7) is 0.951. The summed E-state index contributed by atoms with van der Waals surface area (Å²) in [6, 6.07) is 8.96. The number of hydrogen-bond acceptors (Lipinski definition) is 4. The molecule has 106 valence electrons. The molecule has 1 heterocycles. The minimum absolute atomic E-state index is 0.382. The van der Waals surface area contributed by atoms with Gasteiger partial charge in [0.25, 0.3) is 0 Å². The fraction of sp³-hybridized carbons (Fsp3) is 0.214. The van der Waals surface area contributed by atoms with Gasteiger partial charge in [-0.3, -0.25) is 4.79 Å². The molecule has 0 aliphatic carbocycles. The monoisotopic (exact) mass is 310 g/mol. The van der Waals surface area contributed by atoms with E-state index in [1.807, 2.05) is 12.1 Å². The lowest BCUT2D eigenvalue weighted by Crippen LogP contribution is -2.20. The third-order valence-electron chi connectivity index (χ3n) is 2.84. The molecule has 0 aliphatic rings. The van der Waals surface area contributed by atoms with E-state index in [0.29, 0.717) is 29.2 Å².